The van der Waals surface area contributed by atoms with Crippen LogP contribution in [0.2, 0.25) is 0 Å². The summed E-state index contributed by atoms with van der Waals surface area (Å²) < 4.78 is 0. The number of rotatable bonds is 4. The van der Waals surface area contributed by atoms with Gasteiger partial charge in [-0.1, -0.05) is 20.8 Å². The van der Waals surface area contributed by atoms with E-state index in [9.17, 15) is 9.59 Å². The van der Waals surface area contributed by atoms with Crippen LogP contribution in [-0.2, 0) is 9.59 Å². The topological polar surface area (TPSA) is 74.6 Å². The summed E-state index contributed by atoms with van der Waals surface area (Å²) in [6.45, 7) is 4.78. The Balaban J connectivity index is -0.000000605. The Hall–Kier alpha value is -0.0600. The fourth-order valence-corrected chi connectivity index (χ4v) is 1.30. The van der Waals surface area contributed by atoms with Gasteiger partial charge in [-0.3, -0.25) is 9.59 Å². The Kier molecular flexibility index (Phi) is 6.67. The van der Waals surface area contributed by atoms with Crippen LogP contribution in [0.1, 0.15) is 28.6 Å². The van der Waals surface area contributed by atoms with E-state index in [0.717, 1.165) is 0 Å². The maximum atomic E-state index is 10.8. The van der Waals surface area contributed by atoms with E-state index in [4.69, 9.17) is 10.2 Å². The van der Waals surface area contributed by atoms with Crippen LogP contribution < -0.4 is 29.6 Å². The monoisotopic (exact) mass is 198 g/mol. The first-order chi connectivity index (χ1) is 5.39. The van der Waals surface area contributed by atoms with Crippen LogP contribution in [0.15, 0.2) is 0 Å². The SMILES string of the molecule is CCC(C(=O)O)(C(=O)O)C(C)C.[H-].[Na+]. The van der Waals surface area contributed by atoms with Crippen LogP contribution >= 0.6 is 0 Å². The van der Waals surface area contributed by atoms with Crippen molar-refractivity contribution in [3.63, 3.8) is 0 Å². The van der Waals surface area contributed by atoms with Gasteiger partial charge in [-0.25, -0.2) is 0 Å². The molecule has 0 heterocycles. The zero-order chi connectivity index (χ0) is 9.94. The minimum absolute atomic E-state index is 0. The maximum Gasteiger partial charge on any atom is 1.00 e. The quantitative estimate of drug-likeness (QED) is 0.418. The predicted molar refractivity (Wildman–Crippen MR) is 43.9 cm³/mol. The van der Waals surface area contributed by atoms with Crippen molar-refractivity contribution in [1.82, 2.24) is 0 Å². The Morgan fingerprint density at radius 3 is 1.62 bits per heavy atom. The summed E-state index contributed by atoms with van der Waals surface area (Å²) in [4.78, 5) is 21.5. The van der Waals surface area contributed by atoms with Crippen molar-refractivity contribution in [2.75, 3.05) is 0 Å². The van der Waals surface area contributed by atoms with Gasteiger partial charge >= 0.3 is 41.5 Å². The first-order valence-corrected chi connectivity index (χ1v) is 3.86. The molecule has 0 aromatic rings. The van der Waals surface area contributed by atoms with Crippen molar-refractivity contribution in [2.45, 2.75) is 27.2 Å². The second kappa shape index (κ2) is 5.62. The molecule has 0 unspecified atom stereocenters. The molecular formula is C8H15NaO4. The summed E-state index contributed by atoms with van der Waals surface area (Å²) in [7, 11) is 0. The Bertz CT molecular complexity index is 192. The van der Waals surface area contributed by atoms with Crippen LogP contribution in [0.25, 0.3) is 0 Å². The van der Waals surface area contributed by atoms with E-state index in [2.05, 4.69) is 0 Å². The average Bonchev–Trinajstić information content (AvgIpc) is 1.86. The summed E-state index contributed by atoms with van der Waals surface area (Å²) in [5.74, 6) is -2.92. The molecule has 13 heavy (non-hydrogen) atoms. The zero-order valence-corrected chi connectivity index (χ0v) is 10.5. The minimum Gasteiger partial charge on any atom is -1.00 e. The molecule has 2 N–H and O–H groups in total. The van der Waals surface area contributed by atoms with Crippen LogP contribution in [0, 0.1) is 11.3 Å². The van der Waals surface area contributed by atoms with E-state index in [1.807, 2.05) is 0 Å². The molecule has 0 saturated carbocycles. The summed E-state index contributed by atoms with van der Waals surface area (Å²) in [6, 6.07) is 0. The molecule has 0 aliphatic carbocycles. The molecule has 0 amide bonds. The van der Waals surface area contributed by atoms with Crippen molar-refractivity contribution < 1.29 is 50.8 Å². The van der Waals surface area contributed by atoms with E-state index < -0.39 is 23.3 Å². The molecule has 0 radical (unpaired) electrons. The Morgan fingerprint density at radius 2 is 1.62 bits per heavy atom. The summed E-state index contributed by atoms with van der Waals surface area (Å²) in [6.07, 6.45) is 0.106. The number of carboxylic acids is 2. The first-order valence-electron chi connectivity index (χ1n) is 3.86. The summed E-state index contributed by atoms with van der Waals surface area (Å²) >= 11 is 0. The molecule has 5 heteroatoms. The van der Waals surface area contributed by atoms with Gasteiger partial charge in [0.05, 0.1) is 0 Å². The standard InChI is InChI=1S/C8H14O4.Na.H/c1-4-8(5(2)3,6(9)10)7(11)12;;/h5H,4H2,1-3H3,(H,9,10)(H,11,12);;/q;+1;-1. The van der Waals surface area contributed by atoms with Gasteiger partial charge in [-0.2, -0.15) is 0 Å². The summed E-state index contributed by atoms with van der Waals surface area (Å²) in [5.41, 5.74) is -1.63. The first kappa shape index (κ1) is 15.4. The number of aliphatic carboxylic acids is 2. The maximum absolute atomic E-state index is 10.8. The van der Waals surface area contributed by atoms with Gasteiger partial charge in [-0.05, 0) is 12.3 Å². The molecular weight excluding hydrogens is 183 g/mol. The Labute approximate surface area is 101 Å². The molecule has 4 nitrogen and oxygen atoms in total. The molecule has 0 rings (SSSR count). The molecule has 0 atom stereocenters. The summed E-state index contributed by atoms with van der Waals surface area (Å²) in [5, 5.41) is 17.6. The third kappa shape index (κ3) is 2.69. The molecule has 72 valence electrons. The van der Waals surface area contributed by atoms with Gasteiger partial charge in [0, 0.05) is 0 Å². The molecule has 0 aromatic heterocycles. The third-order valence-electron chi connectivity index (χ3n) is 2.31. The van der Waals surface area contributed by atoms with Gasteiger partial charge in [0.1, 0.15) is 0 Å². The van der Waals surface area contributed by atoms with Gasteiger partial charge in [0.25, 0.3) is 0 Å². The van der Waals surface area contributed by atoms with Crippen molar-refractivity contribution in [3.05, 3.63) is 0 Å². The van der Waals surface area contributed by atoms with Crippen molar-refractivity contribution >= 4 is 11.9 Å². The molecule has 0 aromatic carbocycles. The average molecular weight is 198 g/mol. The third-order valence-corrected chi connectivity index (χ3v) is 2.31. The van der Waals surface area contributed by atoms with E-state index in [0.29, 0.717) is 0 Å². The van der Waals surface area contributed by atoms with Crippen LogP contribution in [0.5, 0.6) is 0 Å². The van der Waals surface area contributed by atoms with Crippen LogP contribution in [0.3, 0.4) is 0 Å². The van der Waals surface area contributed by atoms with E-state index in [-0.39, 0.29) is 37.4 Å². The second-order valence-corrected chi connectivity index (χ2v) is 3.09. The minimum atomic E-state index is -1.63. The molecule has 0 fully saturated rings. The number of carbonyl (C=O) groups is 2. The largest absolute Gasteiger partial charge is 1.00 e. The van der Waals surface area contributed by atoms with Crippen molar-refractivity contribution in [2.24, 2.45) is 11.3 Å². The van der Waals surface area contributed by atoms with Gasteiger partial charge in [0.15, 0.2) is 5.41 Å². The van der Waals surface area contributed by atoms with E-state index >= 15 is 0 Å². The molecule has 0 bridgehead atoms. The van der Waals surface area contributed by atoms with Crippen molar-refractivity contribution in [3.8, 4) is 0 Å². The zero-order valence-electron chi connectivity index (χ0n) is 9.50. The normalized spacial score (nSPS) is 10.8. The Morgan fingerprint density at radius 1 is 1.31 bits per heavy atom. The van der Waals surface area contributed by atoms with Gasteiger partial charge in [-0.15, -0.1) is 0 Å². The van der Waals surface area contributed by atoms with Gasteiger partial charge in [0.2, 0.25) is 0 Å². The molecule has 0 saturated heterocycles. The van der Waals surface area contributed by atoms with Crippen molar-refractivity contribution in [1.29, 1.82) is 0 Å². The predicted octanol–water partition coefficient (Wildman–Crippen LogP) is -1.68. The van der Waals surface area contributed by atoms with E-state index in [1.54, 1.807) is 20.8 Å². The fourth-order valence-electron chi connectivity index (χ4n) is 1.30. The number of carboxylic acid groups (broad SMARTS) is 2. The molecule has 0 spiro atoms. The van der Waals surface area contributed by atoms with Gasteiger partial charge < -0.3 is 11.6 Å². The van der Waals surface area contributed by atoms with Crippen LogP contribution in [0.4, 0.5) is 0 Å². The van der Waals surface area contributed by atoms with Crippen LogP contribution in [-0.4, -0.2) is 22.2 Å². The second-order valence-electron chi connectivity index (χ2n) is 3.09. The smallest absolute Gasteiger partial charge is 1.00 e. The fraction of sp³-hybridized carbons (Fsp3) is 0.750. The molecule has 0 aliphatic heterocycles. The number of hydrogen-bond donors (Lipinski definition) is 2. The number of hydrogen-bond acceptors (Lipinski definition) is 2. The molecule has 0 aliphatic rings. The van der Waals surface area contributed by atoms with E-state index in [1.165, 1.54) is 0 Å².